The maximum atomic E-state index is 11.7. The Morgan fingerprint density at radius 2 is 1.12 bits per heavy atom. The van der Waals surface area contributed by atoms with Gasteiger partial charge in [0.05, 0.1) is 35.8 Å². The first-order valence-electron chi connectivity index (χ1n) is 16.3. The third-order valence-corrected chi connectivity index (χ3v) is 11.9. The lowest BCUT2D eigenvalue weighted by molar-refractivity contribution is 0.286. The van der Waals surface area contributed by atoms with Gasteiger partial charge in [0.1, 0.15) is 13.2 Å². The van der Waals surface area contributed by atoms with Crippen molar-refractivity contribution in [1.82, 2.24) is 25.3 Å². The minimum Gasteiger partial charge on any atom is -0.481 e. The van der Waals surface area contributed by atoms with Crippen molar-refractivity contribution in [2.75, 3.05) is 51.6 Å². The van der Waals surface area contributed by atoms with Crippen LogP contribution in [0.15, 0.2) is 60.7 Å². The standard InChI is InChI=1S/C35H43Cl2N5O8S2/c1-5-51(43,44)18-16-39-20-24-12-14-30(41-34(24)47-3)49-22-26-8-6-10-28(32(26)36)29-11-7-9-27(33(29)37)23-50-31-15-13-25(35(42-31)48-4)21-40-17-19-52(45,46)38-2/h6-15,38-40H,5,16-23H2,1-4H3. The van der Waals surface area contributed by atoms with Gasteiger partial charge in [0.15, 0.2) is 9.84 Å². The first-order chi connectivity index (χ1) is 24.9. The van der Waals surface area contributed by atoms with Crippen LogP contribution in [-0.2, 0) is 46.2 Å². The van der Waals surface area contributed by atoms with Gasteiger partial charge in [0.2, 0.25) is 33.5 Å². The zero-order valence-electron chi connectivity index (χ0n) is 29.4. The van der Waals surface area contributed by atoms with Crippen LogP contribution in [0.4, 0.5) is 0 Å². The second kappa shape index (κ2) is 19.4. The summed E-state index contributed by atoms with van der Waals surface area (Å²) >= 11 is 13.8. The molecule has 0 aliphatic carbocycles. The highest BCUT2D eigenvalue weighted by Gasteiger charge is 2.16. The van der Waals surface area contributed by atoms with Crippen LogP contribution < -0.4 is 34.3 Å². The van der Waals surface area contributed by atoms with E-state index in [-0.39, 0.29) is 37.0 Å². The molecule has 52 heavy (non-hydrogen) atoms. The molecular formula is C35H43Cl2N5O8S2. The largest absolute Gasteiger partial charge is 0.481 e. The summed E-state index contributed by atoms with van der Waals surface area (Å²) in [5.41, 5.74) is 4.37. The fourth-order valence-corrected chi connectivity index (χ4v) is 6.84. The van der Waals surface area contributed by atoms with E-state index in [9.17, 15) is 16.8 Å². The van der Waals surface area contributed by atoms with Crippen molar-refractivity contribution in [2.24, 2.45) is 0 Å². The van der Waals surface area contributed by atoms with Gasteiger partial charge in [-0.1, -0.05) is 66.5 Å². The summed E-state index contributed by atoms with van der Waals surface area (Å²) in [5, 5.41) is 7.13. The topological polar surface area (TPSA) is 167 Å². The Hall–Kier alpha value is -3.70. The van der Waals surface area contributed by atoms with Crippen molar-refractivity contribution in [3.63, 3.8) is 0 Å². The Morgan fingerprint density at radius 3 is 1.54 bits per heavy atom. The van der Waals surface area contributed by atoms with Gasteiger partial charge in [-0.3, -0.25) is 0 Å². The summed E-state index contributed by atoms with van der Waals surface area (Å²) in [6.07, 6.45) is 0. The predicted molar refractivity (Wildman–Crippen MR) is 203 cm³/mol. The van der Waals surface area contributed by atoms with Gasteiger partial charge in [-0.25, -0.2) is 21.6 Å². The summed E-state index contributed by atoms with van der Waals surface area (Å²) in [4.78, 5) is 8.90. The van der Waals surface area contributed by atoms with E-state index in [1.165, 1.54) is 21.3 Å². The van der Waals surface area contributed by atoms with Gasteiger partial charge in [0, 0.05) is 77.4 Å². The van der Waals surface area contributed by atoms with Crippen molar-refractivity contribution < 1.29 is 35.8 Å². The van der Waals surface area contributed by atoms with Crippen molar-refractivity contribution in [3.8, 4) is 34.6 Å². The Kier molecular flexibility index (Phi) is 15.3. The summed E-state index contributed by atoms with van der Waals surface area (Å²) in [5.74, 6) is 1.49. The number of hydrogen-bond acceptors (Lipinski definition) is 12. The number of halogens is 2. The molecule has 4 rings (SSSR count). The van der Waals surface area contributed by atoms with Crippen molar-refractivity contribution >= 4 is 43.1 Å². The van der Waals surface area contributed by atoms with Crippen molar-refractivity contribution in [1.29, 1.82) is 0 Å². The van der Waals surface area contributed by atoms with Gasteiger partial charge < -0.3 is 29.6 Å². The highest BCUT2D eigenvalue weighted by Crippen LogP contribution is 2.37. The van der Waals surface area contributed by atoms with Gasteiger partial charge in [0.25, 0.3) is 0 Å². The molecule has 13 nitrogen and oxygen atoms in total. The first kappa shape index (κ1) is 41.1. The van der Waals surface area contributed by atoms with E-state index < -0.39 is 19.9 Å². The molecule has 2 aromatic heterocycles. The van der Waals surface area contributed by atoms with E-state index in [4.69, 9.17) is 42.1 Å². The fourth-order valence-electron chi connectivity index (χ4n) is 4.92. The number of hydrogen-bond donors (Lipinski definition) is 3. The lowest BCUT2D eigenvalue weighted by atomic mass is 10.0. The quantitative estimate of drug-likeness (QED) is 0.0989. The number of sulfone groups is 1. The van der Waals surface area contributed by atoms with E-state index in [2.05, 4.69) is 25.3 Å². The van der Waals surface area contributed by atoms with E-state index in [0.717, 1.165) is 16.7 Å². The lowest BCUT2D eigenvalue weighted by Crippen LogP contribution is -2.29. The number of sulfonamides is 1. The van der Waals surface area contributed by atoms with Crippen molar-refractivity contribution in [3.05, 3.63) is 93.0 Å². The molecule has 0 atom stereocenters. The molecule has 0 aliphatic heterocycles. The van der Waals surface area contributed by atoms with Crippen LogP contribution in [0.25, 0.3) is 11.1 Å². The molecule has 0 amide bonds. The zero-order valence-corrected chi connectivity index (χ0v) is 32.5. The number of benzene rings is 2. The molecule has 0 bridgehead atoms. The average molecular weight is 797 g/mol. The van der Waals surface area contributed by atoms with Crippen LogP contribution in [0.5, 0.6) is 23.5 Å². The summed E-state index contributed by atoms with van der Waals surface area (Å²) in [6, 6.07) is 18.2. The third kappa shape index (κ3) is 11.7. The summed E-state index contributed by atoms with van der Waals surface area (Å²) in [6.45, 7) is 3.21. The number of nitrogens with zero attached hydrogens (tertiary/aromatic N) is 2. The Labute approximate surface area is 315 Å². The lowest BCUT2D eigenvalue weighted by Gasteiger charge is -2.15. The maximum Gasteiger partial charge on any atom is 0.220 e. The second-order valence-electron chi connectivity index (χ2n) is 11.4. The monoisotopic (exact) mass is 795 g/mol. The van der Waals surface area contributed by atoms with Crippen LogP contribution in [0, 0.1) is 0 Å². The summed E-state index contributed by atoms with van der Waals surface area (Å²) < 4.78 is 71.9. The normalized spacial score (nSPS) is 11.7. The van der Waals surface area contributed by atoms with Crippen LogP contribution in [-0.4, -0.2) is 78.4 Å². The van der Waals surface area contributed by atoms with Crippen LogP contribution >= 0.6 is 23.2 Å². The fraction of sp³-hybridized carbons (Fsp3) is 0.371. The van der Waals surface area contributed by atoms with Gasteiger partial charge in [-0.05, 0) is 19.2 Å². The van der Waals surface area contributed by atoms with E-state index in [1.54, 1.807) is 25.1 Å². The zero-order chi connectivity index (χ0) is 37.7. The molecule has 3 N–H and O–H groups in total. The van der Waals surface area contributed by atoms with E-state index >= 15 is 0 Å². The summed E-state index contributed by atoms with van der Waals surface area (Å²) in [7, 11) is -1.97. The molecule has 0 fully saturated rings. The molecule has 17 heteroatoms. The predicted octanol–water partition coefficient (Wildman–Crippen LogP) is 4.79. The minimum atomic E-state index is -3.30. The van der Waals surface area contributed by atoms with E-state index in [1.807, 2.05) is 42.5 Å². The van der Waals surface area contributed by atoms with Gasteiger partial charge >= 0.3 is 0 Å². The first-order valence-corrected chi connectivity index (χ1v) is 20.5. The molecule has 0 saturated carbocycles. The Morgan fingerprint density at radius 1 is 0.654 bits per heavy atom. The molecule has 0 radical (unpaired) electrons. The number of methoxy groups -OCH3 is 2. The van der Waals surface area contributed by atoms with Gasteiger partial charge in [-0.2, -0.15) is 9.97 Å². The Bertz CT molecular complexity index is 1890. The molecule has 0 unspecified atom stereocenters. The molecule has 4 aromatic rings. The minimum absolute atomic E-state index is 0.0522. The SMILES string of the molecule is CCS(=O)(=O)CCNCc1ccc(OCc2cccc(-c3cccc(COc4ccc(CNCCS(=O)(=O)NC)c(OC)n4)c3Cl)c2Cl)nc1OC. The van der Waals surface area contributed by atoms with E-state index in [0.29, 0.717) is 69.9 Å². The maximum absolute atomic E-state index is 11.7. The molecule has 2 heterocycles. The average Bonchev–Trinajstić information content (AvgIpc) is 3.15. The molecule has 0 spiro atoms. The van der Waals surface area contributed by atoms with Crippen LogP contribution in [0.1, 0.15) is 29.2 Å². The number of aromatic nitrogens is 2. The van der Waals surface area contributed by atoms with Crippen LogP contribution in [0.2, 0.25) is 10.0 Å². The number of rotatable bonds is 21. The molecule has 282 valence electrons. The number of nitrogens with one attached hydrogen (secondary N) is 3. The highest BCUT2D eigenvalue weighted by molar-refractivity contribution is 7.91. The molecule has 0 saturated heterocycles. The molecule has 0 aliphatic rings. The smallest absolute Gasteiger partial charge is 0.220 e. The number of pyridine rings is 2. The third-order valence-electron chi connectivity index (χ3n) is 7.93. The molecular weight excluding hydrogens is 753 g/mol. The number of ether oxygens (including phenoxy) is 4. The second-order valence-corrected chi connectivity index (χ2v) is 16.7. The van der Waals surface area contributed by atoms with Gasteiger partial charge in [-0.15, -0.1) is 0 Å². The van der Waals surface area contributed by atoms with Crippen molar-refractivity contribution in [2.45, 2.75) is 33.2 Å². The van der Waals surface area contributed by atoms with Crippen LogP contribution in [0.3, 0.4) is 0 Å². The highest BCUT2D eigenvalue weighted by atomic mass is 35.5. The molecule has 2 aromatic carbocycles. The Balaban J connectivity index is 1.39.